The average molecular weight is 305 g/mol. The van der Waals surface area contributed by atoms with Gasteiger partial charge in [-0.25, -0.2) is 8.42 Å². The highest BCUT2D eigenvalue weighted by molar-refractivity contribution is 7.90. The molecule has 0 heterocycles. The normalized spacial score (nSPS) is 20.1. The minimum Gasteiger partial charge on any atom is -0.353 e. The number of nitrogens with one attached hydrogen (secondary N) is 1. The maximum atomic E-state index is 11.9. The van der Waals surface area contributed by atoms with Crippen molar-refractivity contribution in [3.8, 4) is 0 Å². The Kier molecular flexibility index (Phi) is 5.97. The molecular weight excluding hydrogens is 278 g/mol. The summed E-state index contributed by atoms with van der Waals surface area (Å²) in [4.78, 5) is 14.1. The number of sulfone groups is 1. The summed E-state index contributed by atoms with van der Waals surface area (Å²) < 4.78 is 22.1. The van der Waals surface area contributed by atoms with Gasteiger partial charge in [-0.1, -0.05) is 12.8 Å². The first-order valence-corrected chi connectivity index (χ1v) is 9.11. The average Bonchev–Trinajstić information content (AvgIpc) is 2.82. The molecule has 0 saturated heterocycles. The van der Waals surface area contributed by atoms with Crippen molar-refractivity contribution in [3.05, 3.63) is 0 Å². The molecule has 0 aliphatic heterocycles. The Hall–Kier alpha value is -0.660. The number of rotatable bonds is 7. The molecule has 1 atom stereocenters. The summed E-state index contributed by atoms with van der Waals surface area (Å²) in [6.45, 7) is 0.575. The van der Waals surface area contributed by atoms with Crippen LogP contribution in [-0.4, -0.2) is 63.5 Å². The van der Waals surface area contributed by atoms with Crippen LogP contribution in [-0.2, 0) is 14.6 Å². The molecule has 118 valence electrons. The fourth-order valence-corrected chi connectivity index (χ4v) is 3.35. The molecule has 0 spiro atoms. The van der Waals surface area contributed by atoms with Gasteiger partial charge in [-0.15, -0.1) is 0 Å². The molecule has 3 N–H and O–H groups in total. The first-order valence-electron chi connectivity index (χ1n) is 7.05. The number of likely N-dealkylation sites (N-methyl/N-ethyl adjacent to an activating group) is 1. The van der Waals surface area contributed by atoms with Gasteiger partial charge in [0.1, 0.15) is 9.84 Å². The van der Waals surface area contributed by atoms with Crippen molar-refractivity contribution < 1.29 is 13.2 Å². The van der Waals surface area contributed by atoms with Crippen molar-refractivity contribution in [2.24, 2.45) is 5.73 Å². The van der Waals surface area contributed by atoms with E-state index in [4.69, 9.17) is 5.73 Å². The summed E-state index contributed by atoms with van der Waals surface area (Å²) in [5, 5.41) is 2.88. The van der Waals surface area contributed by atoms with E-state index >= 15 is 0 Å². The van der Waals surface area contributed by atoms with Gasteiger partial charge in [-0.3, -0.25) is 4.79 Å². The number of carbonyl (C=O) groups excluding carboxylic acids is 1. The Morgan fingerprint density at radius 2 is 1.90 bits per heavy atom. The number of nitrogens with zero attached hydrogens (tertiary/aromatic N) is 1. The Morgan fingerprint density at radius 1 is 1.35 bits per heavy atom. The van der Waals surface area contributed by atoms with Crippen LogP contribution in [0.4, 0.5) is 0 Å². The van der Waals surface area contributed by atoms with E-state index in [-0.39, 0.29) is 23.6 Å². The smallest absolute Gasteiger partial charge is 0.237 e. The minimum atomic E-state index is -3.08. The van der Waals surface area contributed by atoms with Gasteiger partial charge < -0.3 is 16.0 Å². The van der Waals surface area contributed by atoms with Crippen molar-refractivity contribution in [1.29, 1.82) is 0 Å². The number of amides is 1. The van der Waals surface area contributed by atoms with Crippen LogP contribution in [0.15, 0.2) is 0 Å². The van der Waals surface area contributed by atoms with E-state index in [9.17, 15) is 13.2 Å². The molecule has 1 amide bonds. The number of hydrogen-bond donors (Lipinski definition) is 2. The molecule has 20 heavy (non-hydrogen) atoms. The molecule has 1 aliphatic carbocycles. The van der Waals surface area contributed by atoms with E-state index in [2.05, 4.69) is 10.2 Å². The number of hydrogen-bond acceptors (Lipinski definition) is 5. The van der Waals surface area contributed by atoms with Crippen LogP contribution in [0, 0.1) is 0 Å². The van der Waals surface area contributed by atoms with E-state index in [0.29, 0.717) is 6.54 Å². The summed E-state index contributed by atoms with van der Waals surface area (Å²) in [6.07, 6.45) is 5.80. The van der Waals surface area contributed by atoms with Crippen LogP contribution in [0.2, 0.25) is 0 Å². The van der Waals surface area contributed by atoms with E-state index in [1.807, 2.05) is 14.1 Å². The Bertz CT molecular complexity index is 428. The van der Waals surface area contributed by atoms with Gasteiger partial charge in [0.15, 0.2) is 0 Å². The van der Waals surface area contributed by atoms with Crippen LogP contribution in [0.25, 0.3) is 0 Å². The zero-order valence-electron chi connectivity index (χ0n) is 12.7. The predicted octanol–water partition coefficient (Wildman–Crippen LogP) is -0.261. The minimum absolute atomic E-state index is 0.0201. The standard InChI is InChI=1S/C13H27N3O3S/c1-16(2)13(7-4-5-8-13)10-15-12(17)11(14)6-9-20(3,18)19/h11H,4-10,14H2,1-3H3,(H,15,17). The lowest BCUT2D eigenvalue weighted by molar-refractivity contribution is -0.123. The van der Waals surface area contributed by atoms with Crippen molar-refractivity contribution >= 4 is 15.7 Å². The molecule has 1 fully saturated rings. The SMILES string of the molecule is CN(C)C1(CNC(=O)C(N)CCS(C)(=O)=O)CCCC1. The maximum absolute atomic E-state index is 11.9. The van der Waals surface area contributed by atoms with Gasteiger partial charge in [-0.05, 0) is 33.4 Å². The molecule has 1 saturated carbocycles. The molecule has 6 nitrogen and oxygen atoms in total. The van der Waals surface area contributed by atoms with E-state index in [1.165, 1.54) is 12.8 Å². The molecule has 0 radical (unpaired) electrons. The largest absolute Gasteiger partial charge is 0.353 e. The second kappa shape index (κ2) is 6.87. The fourth-order valence-electron chi connectivity index (χ4n) is 2.67. The molecular formula is C13H27N3O3S. The molecule has 1 unspecified atom stereocenters. The van der Waals surface area contributed by atoms with Crippen LogP contribution < -0.4 is 11.1 Å². The summed E-state index contributed by atoms with van der Waals surface area (Å²) >= 11 is 0. The lowest BCUT2D eigenvalue weighted by Gasteiger charge is -2.36. The zero-order valence-corrected chi connectivity index (χ0v) is 13.5. The van der Waals surface area contributed by atoms with Gasteiger partial charge in [0.2, 0.25) is 5.91 Å². The van der Waals surface area contributed by atoms with Gasteiger partial charge in [0.05, 0.1) is 11.8 Å². The summed E-state index contributed by atoms with van der Waals surface area (Å²) in [6, 6.07) is -0.759. The highest BCUT2D eigenvalue weighted by atomic mass is 32.2. The third-order valence-electron chi connectivity index (χ3n) is 4.21. The molecule has 0 bridgehead atoms. The second-order valence-electron chi connectivity index (χ2n) is 6.07. The molecule has 0 aromatic rings. The monoisotopic (exact) mass is 305 g/mol. The maximum Gasteiger partial charge on any atom is 0.237 e. The van der Waals surface area contributed by atoms with Crippen LogP contribution in [0.1, 0.15) is 32.1 Å². The van der Waals surface area contributed by atoms with Crippen molar-refractivity contribution in [2.45, 2.75) is 43.7 Å². The topological polar surface area (TPSA) is 92.5 Å². The number of carbonyl (C=O) groups is 1. The van der Waals surface area contributed by atoms with Crippen molar-refractivity contribution in [2.75, 3.05) is 32.6 Å². The Morgan fingerprint density at radius 3 is 2.35 bits per heavy atom. The Balaban J connectivity index is 2.45. The van der Waals surface area contributed by atoms with Gasteiger partial charge in [0.25, 0.3) is 0 Å². The third-order valence-corrected chi connectivity index (χ3v) is 5.19. The highest BCUT2D eigenvalue weighted by Crippen LogP contribution is 2.33. The van der Waals surface area contributed by atoms with Crippen LogP contribution >= 0.6 is 0 Å². The summed E-state index contributed by atoms with van der Waals surface area (Å²) in [5.41, 5.74) is 5.76. The van der Waals surface area contributed by atoms with E-state index < -0.39 is 15.9 Å². The third kappa shape index (κ3) is 5.03. The van der Waals surface area contributed by atoms with Gasteiger partial charge in [0, 0.05) is 18.3 Å². The van der Waals surface area contributed by atoms with E-state index in [0.717, 1.165) is 19.1 Å². The highest BCUT2D eigenvalue weighted by Gasteiger charge is 2.36. The summed E-state index contributed by atoms with van der Waals surface area (Å²) in [7, 11) is 0.981. The van der Waals surface area contributed by atoms with Crippen molar-refractivity contribution in [1.82, 2.24) is 10.2 Å². The summed E-state index contributed by atoms with van der Waals surface area (Å²) in [5.74, 6) is -0.317. The first-order chi connectivity index (χ1) is 9.16. The lowest BCUT2D eigenvalue weighted by atomic mass is 9.96. The number of nitrogens with two attached hydrogens (primary N) is 1. The van der Waals surface area contributed by atoms with Crippen LogP contribution in [0.3, 0.4) is 0 Å². The zero-order chi connectivity index (χ0) is 15.4. The van der Waals surface area contributed by atoms with Gasteiger partial charge in [-0.2, -0.15) is 0 Å². The quantitative estimate of drug-likeness (QED) is 0.676. The molecule has 1 aliphatic rings. The van der Waals surface area contributed by atoms with Crippen molar-refractivity contribution in [3.63, 3.8) is 0 Å². The molecule has 0 aromatic heterocycles. The first kappa shape index (κ1) is 17.4. The fraction of sp³-hybridized carbons (Fsp3) is 0.923. The lowest BCUT2D eigenvalue weighted by Crippen LogP contribution is -2.53. The predicted molar refractivity (Wildman–Crippen MR) is 80.2 cm³/mol. The molecule has 1 rings (SSSR count). The van der Waals surface area contributed by atoms with Gasteiger partial charge >= 0.3 is 0 Å². The molecule has 0 aromatic carbocycles. The Labute approximate surface area is 122 Å². The molecule has 7 heteroatoms. The van der Waals surface area contributed by atoms with Crippen LogP contribution in [0.5, 0.6) is 0 Å². The second-order valence-corrected chi connectivity index (χ2v) is 8.33. The van der Waals surface area contributed by atoms with E-state index in [1.54, 1.807) is 0 Å².